The maximum atomic E-state index is 12.8. The van der Waals surface area contributed by atoms with Crippen LogP contribution in [-0.2, 0) is 0 Å². The summed E-state index contributed by atoms with van der Waals surface area (Å²) in [4.78, 5) is 27.5. The standard InChI is InChI=1S/C23H25NO3/c1-15-5-4-6-18(12-15)22(26)24-9-7-23(8-10-24)14-19(25)21-17(3)11-16(2)13-20(21)27-23/h4-6,11-13H,7-10,14H2,1-3H3. The van der Waals surface area contributed by atoms with Crippen molar-refractivity contribution in [2.45, 2.75) is 45.6 Å². The molecule has 0 N–H and O–H groups in total. The predicted octanol–water partition coefficient (Wildman–Crippen LogP) is 4.25. The average molecular weight is 363 g/mol. The van der Waals surface area contributed by atoms with Crippen molar-refractivity contribution in [1.82, 2.24) is 4.90 Å². The Bertz CT molecular complexity index is 923. The van der Waals surface area contributed by atoms with Gasteiger partial charge in [-0.1, -0.05) is 23.8 Å². The van der Waals surface area contributed by atoms with Crippen LogP contribution in [0.25, 0.3) is 0 Å². The molecule has 27 heavy (non-hydrogen) atoms. The van der Waals surface area contributed by atoms with Gasteiger partial charge in [-0.05, 0) is 50.1 Å². The molecule has 1 amide bonds. The molecule has 0 radical (unpaired) electrons. The Morgan fingerprint density at radius 2 is 1.78 bits per heavy atom. The summed E-state index contributed by atoms with van der Waals surface area (Å²) < 4.78 is 6.39. The molecule has 2 heterocycles. The van der Waals surface area contributed by atoms with Crippen LogP contribution in [0.15, 0.2) is 36.4 Å². The molecule has 2 aromatic carbocycles. The lowest BCUT2D eigenvalue weighted by Crippen LogP contribution is -2.52. The fraction of sp³-hybridized carbons (Fsp3) is 0.391. The summed E-state index contributed by atoms with van der Waals surface area (Å²) in [6.07, 6.45) is 1.77. The number of likely N-dealkylation sites (tertiary alicyclic amines) is 1. The highest BCUT2D eigenvalue weighted by molar-refractivity contribution is 6.02. The van der Waals surface area contributed by atoms with Crippen LogP contribution in [0.3, 0.4) is 0 Å². The lowest BCUT2D eigenvalue weighted by Gasteiger charge is -2.44. The van der Waals surface area contributed by atoms with Crippen molar-refractivity contribution in [3.05, 3.63) is 64.2 Å². The third-order valence-corrected chi connectivity index (χ3v) is 5.76. The van der Waals surface area contributed by atoms with Gasteiger partial charge in [-0.15, -0.1) is 0 Å². The topological polar surface area (TPSA) is 46.6 Å². The fourth-order valence-corrected chi connectivity index (χ4v) is 4.37. The zero-order chi connectivity index (χ0) is 19.2. The molecule has 140 valence electrons. The molecular weight excluding hydrogens is 338 g/mol. The second-order valence-corrected chi connectivity index (χ2v) is 8.00. The van der Waals surface area contributed by atoms with E-state index in [-0.39, 0.29) is 11.7 Å². The van der Waals surface area contributed by atoms with E-state index in [0.717, 1.165) is 27.8 Å². The van der Waals surface area contributed by atoms with Gasteiger partial charge in [0.25, 0.3) is 5.91 Å². The molecule has 2 aromatic rings. The van der Waals surface area contributed by atoms with E-state index in [2.05, 4.69) is 0 Å². The Kier molecular flexibility index (Phi) is 4.29. The first kappa shape index (κ1) is 17.8. The summed E-state index contributed by atoms with van der Waals surface area (Å²) in [5, 5.41) is 0. The van der Waals surface area contributed by atoms with Gasteiger partial charge in [0, 0.05) is 31.5 Å². The number of piperidine rings is 1. The Morgan fingerprint density at radius 1 is 1.04 bits per heavy atom. The fourth-order valence-electron chi connectivity index (χ4n) is 4.37. The minimum atomic E-state index is -0.478. The van der Waals surface area contributed by atoms with E-state index in [9.17, 15) is 9.59 Å². The first-order valence-electron chi connectivity index (χ1n) is 9.56. The van der Waals surface area contributed by atoms with Crippen LogP contribution < -0.4 is 4.74 Å². The largest absolute Gasteiger partial charge is 0.486 e. The average Bonchev–Trinajstić information content (AvgIpc) is 2.60. The number of hydrogen-bond donors (Lipinski definition) is 0. The van der Waals surface area contributed by atoms with Crippen molar-refractivity contribution in [3.63, 3.8) is 0 Å². The number of Topliss-reactive ketones (excluding diaryl/α,β-unsaturated/α-hetero) is 1. The molecule has 1 fully saturated rings. The van der Waals surface area contributed by atoms with E-state index >= 15 is 0 Å². The van der Waals surface area contributed by atoms with Gasteiger partial charge < -0.3 is 9.64 Å². The zero-order valence-corrected chi connectivity index (χ0v) is 16.2. The number of aryl methyl sites for hydroxylation is 3. The number of carbonyl (C=O) groups excluding carboxylic acids is 2. The molecule has 4 nitrogen and oxygen atoms in total. The van der Waals surface area contributed by atoms with Crippen LogP contribution in [0.1, 0.15) is 56.7 Å². The summed E-state index contributed by atoms with van der Waals surface area (Å²) in [7, 11) is 0. The van der Waals surface area contributed by atoms with Crippen LogP contribution in [0.4, 0.5) is 0 Å². The van der Waals surface area contributed by atoms with Gasteiger partial charge in [0.2, 0.25) is 0 Å². The van der Waals surface area contributed by atoms with E-state index < -0.39 is 5.60 Å². The number of carbonyl (C=O) groups is 2. The number of benzene rings is 2. The summed E-state index contributed by atoms with van der Waals surface area (Å²) in [6.45, 7) is 7.20. The summed E-state index contributed by atoms with van der Waals surface area (Å²) in [5.41, 5.74) is 4.14. The second kappa shape index (κ2) is 6.52. The number of hydrogen-bond acceptors (Lipinski definition) is 3. The van der Waals surface area contributed by atoms with Crippen LogP contribution in [0.5, 0.6) is 5.75 Å². The van der Waals surface area contributed by atoms with Gasteiger partial charge in [0.05, 0.1) is 12.0 Å². The molecule has 0 saturated carbocycles. The Labute approximate surface area is 160 Å². The SMILES string of the molecule is Cc1cccc(C(=O)N2CCC3(CC2)CC(=O)c2c(C)cc(C)cc2O3)c1. The molecule has 0 atom stereocenters. The van der Waals surface area contributed by atoms with Crippen LogP contribution in [0, 0.1) is 20.8 Å². The van der Waals surface area contributed by atoms with Gasteiger partial charge in [0.15, 0.2) is 5.78 Å². The molecule has 1 saturated heterocycles. The van der Waals surface area contributed by atoms with Crippen LogP contribution in [-0.4, -0.2) is 35.3 Å². The monoisotopic (exact) mass is 363 g/mol. The van der Waals surface area contributed by atoms with Gasteiger partial charge >= 0.3 is 0 Å². The Hall–Kier alpha value is -2.62. The van der Waals surface area contributed by atoms with Crippen molar-refractivity contribution in [2.24, 2.45) is 0 Å². The summed E-state index contributed by atoms with van der Waals surface area (Å²) >= 11 is 0. The van der Waals surface area contributed by atoms with E-state index in [4.69, 9.17) is 4.74 Å². The summed E-state index contributed by atoms with van der Waals surface area (Å²) in [6, 6.07) is 11.7. The minimum Gasteiger partial charge on any atom is -0.486 e. The van der Waals surface area contributed by atoms with Crippen LogP contribution in [0.2, 0.25) is 0 Å². The maximum absolute atomic E-state index is 12.8. The van der Waals surface area contributed by atoms with Gasteiger partial charge in [-0.3, -0.25) is 9.59 Å². The number of rotatable bonds is 1. The molecule has 0 bridgehead atoms. The predicted molar refractivity (Wildman–Crippen MR) is 105 cm³/mol. The molecule has 4 heteroatoms. The number of nitrogens with zero attached hydrogens (tertiary/aromatic N) is 1. The van der Waals surface area contributed by atoms with Crippen LogP contribution >= 0.6 is 0 Å². The van der Waals surface area contributed by atoms with Crippen molar-refractivity contribution in [2.75, 3.05) is 13.1 Å². The highest BCUT2D eigenvalue weighted by Gasteiger charge is 2.44. The van der Waals surface area contributed by atoms with E-state index in [0.29, 0.717) is 38.1 Å². The lowest BCUT2D eigenvalue weighted by molar-refractivity contribution is -0.00581. The molecule has 4 rings (SSSR count). The summed E-state index contributed by atoms with van der Waals surface area (Å²) in [5.74, 6) is 0.928. The van der Waals surface area contributed by atoms with Gasteiger partial charge in [0.1, 0.15) is 11.4 Å². The highest BCUT2D eigenvalue weighted by Crippen LogP contribution is 2.41. The molecule has 2 aliphatic heterocycles. The van der Waals surface area contributed by atoms with Gasteiger partial charge in [-0.25, -0.2) is 0 Å². The number of amides is 1. The molecule has 0 unspecified atom stereocenters. The zero-order valence-electron chi connectivity index (χ0n) is 16.2. The van der Waals surface area contributed by atoms with Crippen molar-refractivity contribution in [3.8, 4) is 5.75 Å². The molecule has 1 spiro atoms. The number of fused-ring (bicyclic) bond motifs is 1. The maximum Gasteiger partial charge on any atom is 0.253 e. The molecular formula is C23H25NO3. The molecule has 0 aliphatic carbocycles. The number of ether oxygens (including phenoxy) is 1. The molecule has 2 aliphatic rings. The van der Waals surface area contributed by atoms with Crippen molar-refractivity contribution in [1.29, 1.82) is 0 Å². The third-order valence-electron chi connectivity index (χ3n) is 5.76. The normalized spacial score (nSPS) is 18.2. The van der Waals surface area contributed by atoms with Gasteiger partial charge in [-0.2, -0.15) is 0 Å². The smallest absolute Gasteiger partial charge is 0.253 e. The van der Waals surface area contributed by atoms with E-state index in [1.165, 1.54) is 0 Å². The first-order chi connectivity index (χ1) is 12.9. The van der Waals surface area contributed by atoms with Crippen molar-refractivity contribution < 1.29 is 14.3 Å². The highest BCUT2D eigenvalue weighted by atomic mass is 16.5. The van der Waals surface area contributed by atoms with Crippen molar-refractivity contribution >= 4 is 11.7 Å². The Balaban J connectivity index is 1.52. The first-order valence-corrected chi connectivity index (χ1v) is 9.56. The molecule has 0 aromatic heterocycles. The van der Waals surface area contributed by atoms with E-state index in [1.807, 2.05) is 62.1 Å². The number of ketones is 1. The second-order valence-electron chi connectivity index (χ2n) is 8.00. The van der Waals surface area contributed by atoms with E-state index in [1.54, 1.807) is 0 Å². The third kappa shape index (κ3) is 3.25. The Morgan fingerprint density at radius 3 is 2.48 bits per heavy atom. The quantitative estimate of drug-likeness (QED) is 0.761. The minimum absolute atomic E-state index is 0.0581. The lowest BCUT2D eigenvalue weighted by atomic mass is 9.81.